The van der Waals surface area contributed by atoms with Gasteiger partial charge in [0.25, 0.3) is 0 Å². The van der Waals surface area contributed by atoms with Crippen molar-refractivity contribution >= 4 is 11.9 Å². The minimum absolute atomic E-state index is 0.0680. The summed E-state index contributed by atoms with van der Waals surface area (Å²) in [5.74, 6) is 0.176. The lowest BCUT2D eigenvalue weighted by atomic mass is 9.93. The molecule has 0 saturated carbocycles. The summed E-state index contributed by atoms with van der Waals surface area (Å²) in [6.07, 6.45) is 6.15. The van der Waals surface area contributed by atoms with Crippen LogP contribution in [0.3, 0.4) is 0 Å². The van der Waals surface area contributed by atoms with E-state index in [1.807, 2.05) is 12.4 Å². The number of nitrogens with one attached hydrogen (secondary N) is 1. The Morgan fingerprint density at radius 1 is 1.53 bits per heavy atom. The van der Waals surface area contributed by atoms with Gasteiger partial charge in [0.05, 0.1) is 6.42 Å². The van der Waals surface area contributed by atoms with Gasteiger partial charge in [-0.25, -0.2) is 9.97 Å². The largest absolute Gasteiger partial charge is 0.481 e. The number of aliphatic carboxylic acids is 1. The maximum Gasteiger partial charge on any atom is 0.305 e. The Balaban J connectivity index is 1.88. The quantitative estimate of drug-likeness (QED) is 0.831. The van der Waals surface area contributed by atoms with E-state index < -0.39 is 5.97 Å². The summed E-state index contributed by atoms with van der Waals surface area (Å²) < 4.78 is 0. The summed E-state index contributed by atoms with van der Waals surface area (Å²) in [6, 6.07) is 0. The van der Waals surface area contributed by atoms with Crippen LogP contribution in [-0.4, -0.2) is 52.6 Å². The van der Waals surface area contributed by atoms with Crippen molar-refractivity contribution in [3.05, 3.63) is 18.0 Å². The number of hydrogen-bond acceptors (Lipinski definition) is 5. The molecule has 1 aromatic heterocycles. The van der Waals surface area contributed by atoms with Crippen LogP contribution < -0.4 is 5.32 Å². The van der Waals surface area contributed by atoms with Crippen LogP contribution >= 0.6 is 0 Å². The van der Waals surface area contributed by atoms with Gasteiger partial charge in [-0.05, 0) is 37.9 Å². The lowest BCUT2D eigenvalue weighted by Crippen LogP contribution is -2.30. The van der Waals surface area contributed by atoms with Gasteiger partial charge < -0.3 is 15.3 Å². The van der Waals surface area contributed by atoms with Crippen LogP contribution in [-0.2, 0) is 4.79 Å². The molecule has 104 valence electrons. The van der Waals surface area contributed by atoms with E-state index in [0.29, 0.717) is 18.4 Å². The average Bonchev–Trinajstić information content (AvgIpc) is 2.39. The summed E-state index contributed by atoms with van der Waals surface area (Å²) in [7, 11) is 2.13. The molecule has 6 heteroatoms. The second-order valence-corrected chi connectivity index (χ2v) is 5.01. The predicted octanol–water partition coefficient (Wildman–Crippen LogP) is 1.17. The van der Waals surface area contributed by atoms with Crippen molar-refractivity contribution in [3.8, 4) is 0 Å². The van der Waals surface area contributed by atoms with Gasteiger partial charge in [-0.3, -0.25) is 4.79 Å². The van der Waals surface area contributed by atoms with Gasteiger partial charge in [0.2, 0.25) is 5.95 Å². The smallest absolute Gasteiger partial charge is 0.305 e. The van der Waals surface area contributed by atoms with Crippen molar-refractivity contribution in [2.24, 2.45) is 0 Å². The van der Waals surface area contributed by atoms with Gasteiger partial charge >= 0.3 is 5.97 Å². The molecule has 0 aliphatic carbocycles. The Kier molecular flexibility index (Phi) is 4.68. The SMILES string of the molecule is CN1CCCC(c2cnc(NCCC(=O)O)nc2)C1. The van der Waals surface area contributed by atoms with Crippen molar-refractivity contribution in [3.63, 3.8) is 0 Å². The molecule has 1 unspecified atom stereocenters. The first-order valence-corrected chi connectivity index (χ1v) is 6.61. The van der Waals surface area contributed by atoms with Crippen molar-refractivity contribution in [1.82, 2.24) is 14.9 Å². The van der Waals surface area contributed by atoms with Crippen LogP contribution in [0.2, 0.25) is 0 Å². The summed E-state index contributed by atoms with van der Waals surface area (Å²) in [4.78, 5) is 21.2. The highest BCUT2D eigenvalue weighted by molar-refractivity contribution is 5.67. The van der Waals surface area contributed by atoms with Crippen molar-refractivity contribution in [1.29, 1.82) is 0 Å². The highest BCUT2D eigenvalue weighted by Gasteiger charge is 2.19. The van der Waals surface area contributed by atoms with Crippen LogP contribution in [0.1, 0.15) is 30.7 Å². The zero-order valence-electron chi connectivity index (χ0n) is 11.2. The fourth-order valence-electron chi connectivity index (χ4n) is 2.36. The van der Waals surface area contributed by atoms with E-state index >= 15 is 0 Å². The molecule has 1 aliphatic heterocycles. The number of aromatic nitrogens is 2. The molecule has 1 saturated heterocycles. The highest BCUT2D eigenvalue weighted by atomic mass is 16.4. The van der Waals surface area contributed by atoms with E-state index in [2.05, 4.69) is 27.2 Å². The van der Waals surface area contributed by atoms with Gasteiger partial charge in [-0.1, -0.05) is 0 Å². The number of carboxylic acid groups (broad SMARTS) is 1. The van der Waals surface area contributed by atoms with Crippen LogP contribution in [0, 0.1) is 0 Å². The van der Waals surface area contributed by atoms with E-state index in [4.69, 9.17) is 5.11 Å². The number of carboxylic acids is 1. The van der Waals surface area contributed by atoms with Crippen LogP contribution in [0.4, 0.5) is 5.95 Å². The van der Waals surface area contributed by atoms with Crippen molar-refractivity contribution in [2.45, 2.75) is 25.2 Å². The second kappa shape index (κ2) is 6.47. The standard InChI is InChI=1S/C13H20N4O2/c1-17-6-2-3-10(9-17)11-7-15-13(16-8-11)14-5-4-12(18)19/h7-8,10H,2-6,9H2,1H3,(H,18,19)(H,14,15,16). The highest BCUT2D eigenvalue weighted by Crippen LogP contribution is 2.25. The molecule has 19 heavy (non-hydrogen) atoms. The fraction of sp³-hybridized carbons (Fsp3) is 0.615. The van der Waals surface area contributed by atoms with Gasteiger partial charge in [0.1, 0.15) is 0 Å². The minimum atomic E-state index is -0.825. The number of likely N-dealkylation sites (N-methyl/N-ethyl adjacent to an activating group) is 1. The number of carbonyl (C=O) groups is 1. The summed E-state index contributed by atoms with van der Waals surface area (Å²) >= 11 is 0. The Hall–Kier alpha value is -1.69. The number of nitrogens with zero attached hydrogens (tertiary/aromatic N) is 3. The molecule has 0 radical (unpaired) electrons. The van der Waals surface area contributed by atoms with E-state index in [1.165, 1.54) is 12.8 Å². The van der Waals surface area contributed by atoms with Crippen LogP contribution in [0.5, 0.6) is 0 Å². The number of hydrogen-bond donors (Lipinski definition) is 2. The molecule has 1 fully saturated rings. The van der Waals surface area contributed by atoms with Gasteiger partial charge in [0.15, 0.2) is 0 Å². The van der Waals surface area contributed by atoms with Crippen molar-refractivity contribution < 1.29 is 9.90 Å². The lowest BCUT2D eigenvalue weighted by Gasteiger charge is -2.29. The predicted molar refractivity (Wildman–Crippen MR) is 72.2 cm³/mol. The number of anilines is 1. The Labute approximate surface area is 112 Å². The first kappa shape index (κ1) is 13.7. The molecule has 0 aromatic carbocycles. The maximum absolute atomic E-state index is 10.4. The molecule has 2 N–H and O–H groups in total. The van der Waals surface area contributed by atoms with Gasteiger partial charge in [-0.2, -0.15) is 0 Å². The first-order chi connectivity index (χ1) is 9.15. The molecule has 0 amide bonds. The normalized spacial score (nSPS) is 20.2. The Morgan fingerprint density at radius 3 is 2.89 bits per heavy atom. The molecule has 1 aromatic rings. The number of rotatable bonds is 5. The van der Waals surface area contributed by atoms with Gasteiger partial charge in [0, 0.05) is 25.5 Å². The van der Waals surface area contributed by atoms with E-state index in [-0.39, 0.29) is 6.42 Å². The summed E-state index contributed by atoms with van der Waals surface area (Å²) in [5.41, 5.74) is 1.16. The monoisotopic (exact) mass is 264 g/mol. The molecule has 2 heterocycles. The molecule has 1 atom stereocenters. The molecular formula is C13H20N4O2. The first-order valence-electron chi connectivity index (χ1n) is 6.61. The Bertz CT molecular complexity index is 421. The van der Waals surface area contributed by atoms with Crippen LogP contribution in [0.15, 0.2) is 12.4 Å². The molecular weight excluding hydrogens is 244 g/mol. The maximum atomic E-state index is 10.4. The Morgan fingerprint density at radius 2 is 2.26 bits per heavy atom. The third-order valence-electron chi connectivity index (χ3n) is 3.39. The number of likely N-dealkylation sites (tertiary alicyclic amines) is 1. The molecule has 0 bridgehead atoms. The van der Waals surface area contributed by atoms with E-state index in [9.17, 15) is 4.79 Å². The second-order valence-electron chi connectivity index (χ2n) is 5.01. The summed E-state index contributed by atoms with van der Waals surface area (Å²) in [6.45, 7) is 2.56. The third kappa shape index (κ3) is 4.17. The van der Waals surface area contributed by atoms with Gasteiger partial charge in [-0.15, -0.1) is 0 Å². The van der Waals surface area contributed by atoms with E-state index in [1.54, 1.807) is 0 Å². The molecule has 6 nitrogen and oxygen atoms in total. The molecule has 1 aliphatic rings. The zero-order valence-corrected chi connectivity index (χ0v) is 11.2. The third-order valence-corrected chi connectivity index (χ3v) is 3.39. The van der Waals surface area contributed by atoms with Crippen molar-refractivity contribution in [2.75, 3.05) is 32.0 Å². The topological polar surface area (TPSA) is 78.4 Å². The lowest BCUT2D eigenvalue weighted by molar-refractivity contribution is -0.136. The zero-order chi connectivity index (χ0) is 13.7. The van der Waals surface area contributed by atoms with E-state index in [0.717, 1.165) is 18.7 Å². The number of piperidine rings is 1. The minimum Gasteiger partial charge on any atom is -0.481 e. The molecule has 0 spiro atoms. The average molecular weight is 264 g/mol. The molecule has 2 rings (SSSR count). The fourth-order valence-corrected chi connectivity index (χ4v) is 2.36. The summed E-state index contributed by atoms with van der Waals surface area (Å²) in [5, 5.41) is 11.4. The van der Waals surface area contributed by atoms with Crippen LogP contribution in [0.25, 0.3) is 0 Å².